The van der Waals surface area contributed by atoms with E-state index < -0.39 is 27.8 Å². The zero-order valence-electron chi connectivity index (χ0n) is 13.1. The minimum atomic E-state index is -3.58. The summed E-state index contributed by atoms with van der Waals surface area (Å²) in [6, 6.07) is 0. The Hall–Kier alpha value is -1.19. The Kier molecular flexibility index (Phi) is 6.76. The van der Waals surface area contributed by atoms with Crippen molar-refractivity contribution < 1.29 is 27.9 Å². The van der Waals surface area contributed by atoms with Gasteiger partial charge in [0.1, 0.15) is 0 Å². The molecule has 0 aromatic rings. The number of carboxylic acid groups (broad SMARTS) is 1. The maximum atomic E-state index is 12.0. The summed E-state index contributed by atoms with van der Waals surface area (Å²) in [5, 5.41) is 9.02. The van der Waals surface area contributed by atoms with Gasteiger partial charge in [0.25, 0.3) is 0 Å². The second-order valence-corrected chi connectivity index (χ2v) is 7.71. The van der Waals surface area contributed by atoms with E-state index in [-0.39, 0.29) is 37.5 Å². The Morgan fingerprint density at radius 3 is 2.50 bits per heavy atom. The van der Waals surface area contributed by atoms with Crippen molar-refractivity contribution in [2.45, 2.75) is 26.9 Å². The highest BCUT2D eigenvalue weighted by Gasteiger charge is 2.36. The summed E-state index contributed by atoms with van der Waals surface area (Å²) < 4.78 is 30.8. The van der Waals surface area contributed by atoms with Gasteiger partial charge in [0.15, 0.2) is 0 Å². The van der Waals surface area contributed by atoms with Gasteiger partial charge >= 0.3 is 5.97 Å². The average molecular weight is 336 g/mol. The molecule has 0 aromatic heterocycles. The van der Waals surface area contributed by atoms with Gasteiger partial charge in [-0.3, -0.25) is 9.59 Å². The number of nitrogens with zero attached hydrogens (tertiary/aromatic N) is 1. The molecule has 8 nitrogen and oxygen atoms in total. The third kappa shape index (κ3) is 5.90. The molecule has 0 aromatic carbocycles. The molecule has 1 aliphatic heterocycles. The smallest absolute Gasteiger partial charge is 0.308 e. The van der Waals surface area contributed by atoms with Crippen LogP contribution in [0, 0.1) is 11.8 Å². The molecule has 22 heavy (non-hydrogen) atoms. The average Bonchev–Trinajstić information content (AvgIpc) is 2.77. The summed E-state index contributed by atoms with van der Waals surface area (Å²) >= 11 is 0. The first-order chi connectivity index (χ1) is 10.1. The molecule has 0 bridgehead atoms. The van der Waals surface area contributed by atoms with Gasteiger partial charge in [-0.2, -0.15) is 0 Å². The van der Waals surface area contributed by atoms with Crippen LogP contribution in [0.3, 0.4) is 0 Å². The highest BCUT2D eigenvalue weighted by atomic mass is 32.2. The fourth-order valence-electron chi connectivity index (χ4n) is 2.24. The molecule has 1 saturated heterocycles. The van der Waals surface area contributed by atoms with Crippen LogP contribution in [0.4, 0.5) is 0 Å². The van der Waals surface area contributed by atoms with Crippen molar-refractivity contribution in [1.82, 2.24) is 9.62 Å². The molecule has 2 N–H and O–H groups in total. The minimum absolute atomic E-state index is 0.0586. The molecular formula is C13H24N2O6S. The Balaban J connectivity index is 2.41. The summed E-state index contributed by atoms with van der Waals surface area (Å²) in [6.45, 7) is 5.51. The quantitative estimate of drug-likeness (QED) is 0.618. The number of carbonyl (C=O) groups excluding carboxylic acids is 1. The number of hydrogen-bond acceptors (Lipinski definition) is 5. The van der Waals surface area contributed by atoms with Crippen molar-refractivity contribution in [2.75, 3.05) is 32.0 Å². The van der Waals surface area contributed by atoms with Crippen LogP contribution in [-0.2, 0) is 24.3 Å². The van der Waals surface area contributed by atoms with Gasteiger partial charge in [0.05, 0.1) is 30.9 Å². The Labute approximate surface area is 130 Å². The van der Waals surface area contributed by atoms with Crippen LogP contribution in [0.1, 0.15) is 20.8 Å². The zero-order valence-corrected chi connectivity index (χ0v) is 13.9. The molecule has 2 atom stereocenters. The van der Waals surface area contributed by atoms with Crippen LogP contribution in [-0.4, -0.2) is 68.4 Å². The Morgan fingerprint density at radius 2 is 2.00 bits per heavy atom. The lowest BCUT2D eigenvalue weighted by molar-refractivity contribution is -0.142. The van der Waals surface area contributed by atoms with Crippen LogP contribution in [0.5, 0.6) is 0 Å². The van der Waals surface area contributed by atoms with Crippen LogP contribution in [0.2, 0.25) is 0 Å². The number of hydrogen-bond donors (Lipinski definition) is 2. The molecule has 0 radical (unpaired) electrons. The van der Waals surface area contributed by atoms with Gasteiger partial charge in [-0.1, -0.05) is 6.92 Å². The fourth-order valence-corrected chi connectivity index (χ4v) is 3.04. The van der Waals surface area contributed by atoms with Crippen LogP contribution < -0.4 is 4.72 Å². The highest BCUT2D eigenvalue weighted by molar-refractivity contribution is 7.89. The Bertz CT molecular complexity index is 505. The van der Waals surface area contributed by atoms with Gasteiger partial charge in [-0.15, -0.1) is 0 Å². The van der Waals surface area contributed by atoms with Gasteiger partial charge in [0.2, 0.25) is 15.9 Å². The topological polar surface area (TPSA) is 113 Å². The molecule has 1 heterocycles. The van der Waals surface area contributed by atoms with Crippen LogP contribution >= 0.6 is 0 Å². The number of rotatable bonds is 8. The van der Waals surface area contributed by atoms with E-state index in [1.54, 1.807) is 20.8 Å². The first-order valence-corrected chi connectivity index (χ1v) is 8.87. The minimum Gasteiger partial charge on any atom is -0.481 e. The zero-order chi connectivity index (χ0) is 16.9. The number of aliphatic carboxylic acids is 1. The summed E-state index contributed by atoms with van der Waals surface area (Å²) in [4.78, 5) is 24.4. The lowest BCUT2D eigenvalue weighted by atomic mass is 9.99. The first kappa shape index (κ1) is 18.9. The van der Waals surface area contributed by atoms with Crippen molar-refractivity contribution >= 4 is 21.9 Å². The van der Waals surface area contributed by atoms with E-state index in [0.717, 1.165) is 0 Å². The maximum absolute atomic E-state index is 12.0. The number of ether oxygens (including phenoxy) is 1. The van der Waals surface area contributed by atoms with E-state index in [1.807, 2.05) is 0 Å². The molecule has 0 spiro atoms. The van der Waals surface area contributed by atoms with Crippen molar-refractivity contribution in [1.29, 1.82) is 0 Å². The number of nitrogens with one attached hydrogen (secondary N) is 1. The van der Waals surface area contributed by atoms with Crippen molar-refractivity contribution in [3.63, 3.8) is 0 Å². The van der Waals surface area contributed by atoms with Crippen molar-refractivity contribution in [2.24, 2.45) is 11.8 Å². The lowest BCUT2D eigenvalue weighted by Gasteiger charge is -2.16. The van der Waals surface area contributed by atoms with E-state index in [4.69, 9.17) is 9.84 Å². The van der Waals surface area contributed by atoms with E-state index in [1.165, 1.54) is 4.90 Å². The number of sulfonamides is 1. The number of carboxylic acids is 1. The lowest BCUT2D eigenvalue weighted by Crippen LogP contribution is -2.40. The summed E-state index contributed by atoms with van der Waals surface area (Å²) in [7, 11) is -3.58. The molecule has 9 heteroatoms. The fraction of sp³-hybridized carbons (Fsp3) is 0.846. The summed E-state index contributed by atoms with van der Waals surface area (Å²) in [5.74, 6) is -2.30. The third-order valence-electron chi connectivity index (χ3n) is 3.53. The Morgan fingerprint density at radius 1 is 1.36 bits per heavy atom. The first-order valence-electron chi connectivity index (χ1n) is 7.22. The number of likely N-dealkylation sites (tertiary alicyclic amines) is 1. The second-order valence-electron chi connectivity index (χ2n) is 5.78. The van der Waals surface area contributed by atoms with E-state index in [2.05, 4.69) is 4.72 Å². The third-order valence-corrected chi connectivity index (χ3v) is 4.82. The standard InChI is InChI=1S/C13H24N2O6S/c1-9(2)21-4-5-22(19,20)14-6-12(16)15-7-10(3)11(8-15)13(17)18/h9-11,14H,4-8H2,1-3H3,(H,17,18)/t10-,11-/m1/s1. The predicted octanol–water partition coefficient (Wildman–Crippen LogP) is -0.490. The molecular weight excluding hydrogens is 312 g/mol. The van der Waals surface area contributed by atoms with Crippen molar-refractivity contribution in [3.05, 3.63) is 0 Å². The van der Waals surface area contributed by atoms with E-state index >= 15 is 0 Å². The highest BCUT2D eigenvalue weighted by Crippen LogP contribution is 2.22. The second kappa shape index (κ2) is 7.89. The largest absolute Gasteiger partial charge is 0.481 e. The number of carbonyl (C=O) groups is 2. The van der Waals surface area contributed by atoms with E-state index in [0.29, 0.717) is 6.54 Å². The van der Waals surface area contributed by atoms with Crippen LogP contribution in [0.15, 0.2) is 0 Å². The molecule has 1 rings (SSSR count). The normalized spacial score (nSPS) is 22.3. The van der Waals surface area contributed by atoms with Crippen LogP contribution in [0.25, 0.3) is 0 Å². The molecule has 1 amide bonds. The maximum Gasteiger partial charge on any atom is 0.308 e. The van der Waals surface area contributed by atoms with Gasteiger partial charge in [-0.05, 0) is 19.8 Å². The van der Waals surface area contributed by atoms with Gasteiger partial charge < -0.3 is 14.7 Å². The monoisotopic (exact) mass is 336 g/mol. The van der Waals surface area contributed by atoms with E-state index in [9.17, 15) is 18.0 Å². The van der Waals surface area contributed by atoms with Crippen molar-refractivity contribution in [3.8, 4) is 0 Å². The SMILES string of the molecule is CC(C)OCCS(=O)(=O)NCC(=O)N1C[C@@H](C)[C@H](C(=O)O)C1. The molecule has 128 valence electrons. The molecule has 1 fully saturated rings. The van der Waals surface area contributed by atoms with Gasteiger partial charge in [-0.25, -0.2) is 13.1 Å². The predicted molar refractivity (Wildman–Crippen MR) is 79.7 cm³/mol. The molecule has 1 aliphatic rings. The summed E-state index contributed by atoms with van der Waals surface area (Å²) in [5.41, 5.74) is 0. The van der Waals surface area contributed by atoms with Gasteiger partial charge in [0, 0.05) is 13.1 Å². The number of amides is 1. The molecule has 0 aliphatic carbocycles. The molecule has 0 unspecified atom stereocenters. The summed E-state index contributed by atoms with van der Waals surface area (Å²) in [6.07, 6.45) is -0.0594. The molecule has 0 saturated carbocycles.